The zero-order valence-electron chi connectivity index (χ0n) is 18.3. The Hall–Kier alpha value is -3.68. The van der Waals surface area contributed by atoms with E-state index in [2.05, 4.69) is 15.9 Å². The summed E-state index contributed by atoms with van der Waals surface area (Å²) in [6.07, 6.45) is 1.67. The van der Waals surface area contributed by atoms with Gasteiger partial charge in [-0.3, -0.25) is 14.5 Å². The van der Waals surface area contributed by atoms with Gasteiger partial charge in [-0.2, -0.15) is 0 Å². The molecule has 1 aliphatic rings. The SMILES string of the molecule is O=C(Oc1ccc(/C=C2\SC(=O)N(Cc3ccc4ccccc4c3)C2=O)cc1)c1ccc(Br)cc1. The molecule has 0 bridgehead atoms. The summed E-state index contributed by atoms with van der Waals surface area (Å²) in [5.74, 6) is -0.390. The van der Waals surface area contributed by atoms with E-state index in [4.69, 9.17) is 4.74 Å². The number of hydrogen-bond donors (Lipinski definition) is 0. The lowest BCUT2D eigenvalue weighted by molar-refractivity contribution is -0.123. The number of hydrogen-bond acceptors (Lipinski definition) is 5. The molecule has 0 unspecified atom stereocenters. The van der Waals surface area contributed by atoms with Crippen LogP contribution >= 0.6 is 27.7 Å². The summed E-state index contributed by atoms with van der Waals surface area (Å²) in [4.78, 5) is 39.4. The third kappa shape index (κ3) is 5.21. The number of fused-ring (bicyclic) bond motifs is 1. The second-order valence-electron chi connectivity index (χ2n) is 7.91. The summed E-state index contributed by atoms with van der Waals surface area (Å²) in [5, 5.41) is 1.87. The molecule has 1 saturated heterocycles. The highest BCUT2D eigenvalue weighted by Gasteiger charge is 2.35. The van der Waals surface area contributed by atoms with E-state index in [1.54, 1.807) is 54.6 Å². The first-order valence-electron chi connectivity index (χ1n) is 10.8. The Labute approximate surface area is 214 Å². The van der Waals surface area contributed by atoms with Crippen molar-refractivity contribution in [2.45, 2.75) is 6.54 Å². The Bertz CT molecular complexity index is 1480. The van der Waals surface area contributed by atoms with Gasteiger partial charge in [0.25, 0.3) is 11.1 Å². The number of halogens is 1. The molecule has 0 aliphatic carbocycles. The third-order valence-electron chi connectivity index (χ3n) is 5.50. The number of nitrogens with zero attached hydrogens (tertiary/aromatic N) is 1. The molecular weight excluding hydrogens is 526 g/mol. The number of ether oxygens (including phenoxy) is 1. The van der Waals surface area contributed by atoms with Crippen molar-refractivity contribution >= 4 is 61.7 Å². The van der Waals surface area contributed by atoms with Crippen LogP contribution in [0.3, 0.4) is 0 Å². The van der Waals surface area contributed by atoms with E-state index < -0.39 is 5.97 Å². The second kappa shape index (κ2) is 9.90. The van der Waals surface area contributed by atoms with Crippen LogP contribution in [0.4, 0.5) is 4.79 Å². The molecule has 0 atom stereocenters. The molecule has 5 nitrogen and oxygen atoms in total. The van der Waals surface area contributed by atoms with Crippen LogP contribution < -0.4 is 4.74 Å². The molecule has 1 heterocycles. The lowest BCUT2D eigenvalue weighted by atomic mass is 10.1. The maximum Gasteiger partial charge on any atom is 0.343 e. The van der Waals surface area contributed by atoms with Crippen molar-refractivity contribution in [3.05, 3.63) is 117 Å². The normalized spacial score (nSPS) is 14.7. The van der Waals surface area contributed by atoms with E-state index in [0.29, 0.717) is 16.2 Å². The topological polar surface area (TPSA) is 63.7 Å². The number of thioether (sulfide) groups is 1. The number of carbonyl (C=O) groups excluding carboxylic acids is 3. The van der Waals surface area contributed by atoms with E-state index in [9.17, 15) is 14.4 Å². The Morgan fingerprint density at radius 2 is 1.60 bits per heavy atom. The van der Waals surface area contributed by atoms with Gasteiger partial charge in [-0.25, -0.2) is 4.79 Å². The molecule has 0 spiro atoms. The minimum Gasteiger partial charge on any atom is -0.423 e. The maximum absolute atomic E-state index is 12.9. The van der Waals surface area contributed by atoms with Gasteiger partial charge < -0.3 is 4.74 Å². The molecule has 2 amide bonds. The highest BCUT2D eigenvalue weighted by molar-refractivity contribution is 9.10. The van der Waals surface area contributed by atoms with Gasteiger partial charge in [0.15, 0.2) is 0 Å². The molecule has 4 aromatic carbocycles. The van der Waals surface area contributed by atoms with Gasteiger partial charge in [-0.05, 0) is 82.2 Å². The standard InChI is InChI=1S/C28H18BrNO4S/c29-23-11-9-21(10-12-23)27(32)34-24-13-6-18(7-14-24)16-25-26(31)30(28(33)35-25)17-19-5-8-20-3-1-2-4-22(20)15-19/h1-16H,17H2/b25-16-. The van der Waals surface area contributed by atoms with Crippen LogP contribution in [0.2, 0.25) is 0 Å². The minimum absolute atomic E-state index is 0.220. The van der Waals surface area contributed by atoms with Crippen molar-refractivity contribution in [3.8, 4) is 5.75 Å². The monoisotopic (exact) mass is 543 g/mol. The van der Waals surface area contributed by atoms with Gasteiger partial charge in [0.05, 0.1) is 17.0 Å². The van der Waals surface area contributed by atoms with Gasteiger partial charge >= 0.3 is 5.97 Å². The number of rotatable bonds is 5. The van der Waals surface area contributed by atoms with Crippen LogP contribution in [0.15, 0.2) is 100 Å². The molecule has 172 valence electrons. The third-order valence-corrected chi connectivity index (χ3v) is 6.93. The van der Waals surface area contributed by atoms with Crippen LogP contribution in [0.1, 0.15) is 21.5 Å². The predicted octanol–water partition coefficient (Wildman–Crippen LogP) is 7.06. The molecule has 0 N–H and O–H groups in total. The Morgan fingerprint density at radius 1 is 0.886 bits per heavy atom. The molecule has 0 saturated carbocycles. The van der Waals surface area contributed by atoms with Crippen molar-refractivity contribution < 1.29 is 19.1 Å². The Kier molecular flexibility index (Phi) is 6.53. The molecule has 1 aliphatic heterocycles. The first-order chi connectivity index (χ1) is 17.0. The van der Waals surface area contributed by atoms with E-state index in [1.807, 2.05) is 42.5 Å². The van der Waals surface area contributed by atoms with Gasteiger partial charge in [0, 0.05) is 4.47 Å². The summed E-state index contributed by atoms with van der Waals surface area (Å²) < 4.78 is 6.28. The van der Waals surface area contributed by atoms with E-state index in [0.717, 1.165) is 38.1 Å². The summed E-state index contributed by atoms with van der Waals surface area (Å²) in [6, 6.07) is 27.6. The van der Waals surface area contributed by atoms with E-state index in [-0.39, 0.29) is 17.7 Å². The van der Waals surface area contributed by atoms with Crippen LogP contribution in [0.25, 0.3) is 16.8 Å². The number of amides is 2. The lowest BCUT2D eigenvalue weighted by Gasteiger charge is -2.13. The van der Waals surface area contributed by atoms with Crippen molar-refractivity contribution in [1.82, 2.24) is 4.90 Å². The largest absolute Gasteiger partial charge is 0.423 e. The van der Waals surface area contributed by atoms with Crippen molar-refractivity contribution in [3.63, 3.8) is 0 Å². The number of imide groups is 1. The number of carbonyl (C=O) groups is 3. The molecular formula is C28H18BrNO4S. The molecule has 0 aromatic heterocycles. The van der Waals surface area contributed by atoms with Crippen LogP contribution in [-0.2, 0) is 11.3 Å². The molecule has 0 radical (unpaired) electrons. The lowest BCUT2D eigenvalue weighted by Crippen LogP contribution is -2.27. The van der Waals surface area contributed by atoms with Gasteiger partial charge in [0.2, 0.25) is 0 Å². The van der Waals surface area contributed by atoms with Crippen LogP contribution in [-0.4, -0.2) is 22.0 Å². The maximum atomic E-state index is 12.9. The zero-order valence-corrected chi connectivity index (χ0v) is 20.7. The van der Waals surface area contributed by atoms with Crippen molar-refractivity contribution in [2.75, 3.05) is 0 Å². The second-order valence-corrected chi connectivity index (χ2v) is 9.82. The van der Waals surface area contributed by atoms with Gasteiger partial charge in [0.1, 0.15) is 5.75 Å². The van der Waals surface area contributed by atoms with Crippen molar-refractivity contribution in [1.29, 1.82) is 0 Å². The number of esters is 1. The molecule has 7 heteroatoms. The smallest absolute Gasteiger partial charge is 0.343 e. The first kappa shape index (κ1) is 23.1. The fourth-order valence-corrected chi connectivity index (χ4v) is 4.79. The predicted molar refractivity (Wildman–Crippen MR) is 141 cm³/mol. The first-order valence-corrected chi connectivity index (χ1v) is 12.4. The minimum atomic E-state index is -0.458. The zero-order chi connectivity index (χ0) is 24.4. The molecule has 4 aromatic rings. The Morgan fingerprint density at radius 3 is 2.34 bits per heavy atom. The van der Waals surface area contributed by atoms with Crippen LogP contribution in [0, 0.1) is 0 Å². The fourth-order valence-electron chi connectivity index (χ4n) is 3.69. The van der Waals surface area contributed by atoms with E-state index in [1.165, 1.54) is 4.90 Å². The van der Waals surface area contributed by atoms with E-state index >= 15 is 0 Å². The molecule has 35 heavy (non-hydrogen) atoms. The quantitative estimate of drug-likeness (QED) is 0.153. The van der Waals surface area contributed by atoms with Gasteiger partial charge in [-0.15, -0.1) is 0 Å². The van der Waals surface area contributed by atoms with Crippen molar-refractivity contribution in [2.24, 2.45) is 0 Å². The summed E-state index contributed by atoms with van der Waals surface area (Å²) in [7, 11) is 0. The molecule has 1 fully saturated rings. The summed E-state index contributed by atoms with van der Waals surface area (Å²) >= 11 is 4.26. The van der Waals surface area contributed by atoms with Crippen LogP contribution in [0.5, 0.6) is 5.75 Å². The fraction of sp³-hybridized carbons (Fsp3) is 0.0357. The highest BCUT2D eigenvalue weighted by atomic mass is 79.9. The summed E-state index contributed by atoms with van der Waals surface area (Å²) in [6.45, 7) is 0.220. The Balaban J connectivity index is 1.27. The van der Waals surface area contributed by atoms with Gasteiger partial charge in [-0.1, -0.05) is 64.5 Å². The number of benzene rings is 4. The summed E-state index contributed by atoms with van der Waals surface area (Å²) in [5.41, 5.74) is 2.06. The average molecular weight is 544 g/mol. The molecule has 5 rings (SSSR count). The highest BCUT2D eigenvalue weighted by Crippen LogP contribution is 2.34. The average Bonchev–Trinajstić information content (AvgIpc) is 3.12.